The Morgan fingerprint density at radius 1 is 1.10 bits per heavy atom. The molecule has 1 aliphatic rings. The van der Waals surface area contributed by atoms with E-state index in [0.717, 1.165) is 55.9 Å². The van der Waals surface area contributed by atoms with Crippen molar-refractivity contribution in [2.24, 2.45) is 0 Å². The quantitative estimate of drug-likeness (QED) is 0.613. The van der Waals surface area contributed by atoms with Crippen LogP contribution in [0.25, 0.3) is 11.0 Å². The molecule has 0 radical (unpaired) electrons. The first-order valence-corrected chi connectivity index (χ1v) is 11.0. The number of rotatable bonds is 8. The summed E-state index contributed by atoms with van der Waals surface area (Å²) in [5.74, 6) is 0.963. The highest BCUT2D eigenvalue weighted by Gasteiger charge is 2.27. The molecule has 1 aliphatic heterocycles. The summed E-state index contributed by atoms with van der Waals surface area (Å²) < 4.78 is 14.4. The standard InChI is InChI=1S/C22H28N4O2S/c1-2-28-22-6-4-3-5-18(22)15-26-11-10-25(16-19(26)9-12-27)14-17-7-8-20-21(13-17)24-29-23-20/h3-8,13,19,27H,2,9-12,14-16H2,1H3/t19-/m1/s1. The van der Waals surface area contributed by atoms with Crippen LogP contribution in [0, 0.1) is 0 Å². The molecule has 6 nitrogen and oxygen atoms in total. The van der Waals surface area contributed by atoms with E-state index in [9.17, 15) is 5.11 Å². The average molecular weight is 413 g/mol. The van der Waals surface area contributed by atoms with Gasteiger partial charge in [-0.2, -0.15) is 8.75 Å². The van der Waals surface area contributed by atoms with E-state index >= 15 is 0 Å². The third-order valence-electron chi connectivity index (χ3n) is 5.52. The predicted octanol–water partition coefficient (Wildman–Crippen LogP) is 3.16. The van der Waals surface area contributed by atoms with Gasteiger partial charge in [0.15, 0.2) is 0 Å². The summed E-state index contributed by atoms with van der Waals surface area (Å²) in [6.07, 6.45) is 0.780. The summed E-state index contributed by atoms with van der Waals surface area (Å²) >= 11 is 1.26. The molecule has 0 spiro atoms. The second-order valence-electron chi connectivity index (χ2n) is 7.50. The molecule has 2 heterocycles. The van der Waals surface area contributed by atoms with Gasteiger partial charge in [-0.3, -0.25) is 9.80 Å². The van der Waals surface area contributed by atoms with E-state index in [1.54, 1.807) is 0 Å². The molecular formula is C22H28N4O2S. The smallest absolute Gasteiger partial charge is 0.123 e. The molecule has 29 heavy (non-hydrogen) atoms. The fourth-order valence-electron chi connectivity index (χ4n) is 4.07. The zero-order valence-corrected chi connectivity index (χ0v) is 17.6. The van der Waals surface area contributed by atoms with Crippen molar-refractivity contribution in [2.75, 3.05) is 32.8 Å². The van der Waals surface area contributed by atoms with Crippen molar-refractivity contribution in [3.63, 3.8) is 0 Å². The molecule has 0 amide bonds. The molecule has 0 bridgehead atoms. The van der Waals surface area contributed by atoms with Crippen molar-refractivity contribution < 1.29 is 9.84 Å². The van der Waals surface area contributed by atoms with Crippen molar-refractivity contribution in [1.82, 2.24) is 18.5 Å². The minimum Gasteiger partial charge on any atom is -0.494 e. The van der Waals surface area contributed by atoms with Gasteiger partial charge < -0.3 is 9.84 Å². The first-order chi connectivity index (χ1) is 14.3. The Balaban J connectivity index is 1.43. The van der Waals surface area contributed by atoms with E-state index in [1.165, 1.54) is 22.9 Å². The van der Waals surface area contributed by atoms with Crippen LogP contribution in [0.3, 0.4) is 0 Å². The fourth-order valence-corrected chi connectivity index (χ4v) is 4.58. The third kappa shape index (κ3) is 4.93. The molecule has 0 aliphatic carbocycles. The van der Waals surface area contributed by atoms with Crippen LogP contribution >= 0.6 is 11.7 Å². The summed E-state index contributed by atoms with van der Waals surface area (Å²) in [5.41, 5.74) is 4.43. The van der Waals surface area contributed by atoms with Crippen LogP contribution in [-0.2, 0) is 13.1 Å². The van der Waals surface area contributed by atoms with E-state index in [0.29, 0.717) is 12.6 Å². The molecular weight excluding hydrogens is 384 g/mol. The molecule has 0 saturated carbocycles. The number of nitrogens with zero attached hydrogens (tertiary/aromatic N) is 4. The minimum absolute atomic E-state index is 0.207. The second kappa shape index (κ2) is 9.63. The third-order valence-corrected chi connectivity index (χ3v) is 6.08. The Labute approximate surface area is 176 Å². The van der Waals surface area contributed by atoms with Crippen LogP contribution in [0.5, 0.6) is 5.75 Å². The highest BCUT2D eigenvalue weighted by atomic mass is 32.1. The normalized spacial score (nSPS) is 18.3. The molecule has 1 N–H and O–H groups in total. The summed E-state index contributed by atoms with van der Waals surface area (Å²) in [6.45, 7) is 7.58. The molecule has 0 unspecified atom stereocenters. The van der Waals surface area contributed by atoms with Gasteiger partial charge in [-0.05, 0) is 37.1 Å². The van der Waals surface area contributed by atoms with Crippen LogP contribution in [0.15, 0.2) is 42.5 Å². The lowest BCUT2D eigenvalue weighted by Gasteiger charge is -2.41. The van der Waals surface area contributed by atoms with Gasteiger partial charge in [0.05, 0.1) is 18.3 Å². The van der Waals surface area contributed by atoms with Crippen molar-refractivity contribution in [3.8, 4) is 5.75 Å². The molecule has 154 valence electrons. The van der Waals surface area contributed by atoms with Gasteiger partial charge in [-0.25, -0.2) is 0 Å². The number of para-hydroxylation sites is 1. The lowest BCUT2D eigenvalue weighted by atomic mass is 10.1. The van der Waals surface area contributed by atoms with E-state index in [-0.39, 0.29) is 6.61 Å². The van der Waals surface area contributed by atoms with Crippen LogP contribution in [0.1, 0.15) is 24.5 Å². The van der Waals surface area contributed by atoms with Crippen LogP contribution in [0.2, 0.25) is 0 Å². The monoisotopic (exact) mass is 412 g/mol. The first kappa shape index (κ1) is 20.2. The number of hydrogen-bond acceptors (Lipinski definition) is 7. The van der Waals surface area contributed by atoms with Crippen molar-refractivity contribution in [3.05, 3.63) is 53.6 Å². The van der Waals surface area contributed by atoms with E-state index < -0.39 is 0 Å². The van der Waals surface area contributed by atoms with Gasteiger partial charge in [-0.1, -0.05) is 24.3 Å². The number of benzene rings is 2. The van der Waals surface area contributed by atoms with Crippen molar-refractivity contribution in [2.45, 2.75) is 32.5 Å². The predicted molar refractivity (Wildman–Crippen MR) is 116 cm³/mol. The lowest BCUT2D eigenvalue weighted by Crippen LogP contribution is -2.52. The average Bonchev–Trinajstić information content (AvgIpc) is 3.19. The first-order valence-electron chi connectivity index (χ1n) is 10.3. The topological polar surface area (TPSA) is 61.7 Å². The molecule has 7 heteroatoms. The number of aromatic nitrogens is 2. The number of fused-ring (bicyclic) bond motifs is 1. The molecule has 3 aromatic rings. The van der Waals surface area contributed by atoms with Gasteiger partial charge in [0.1, 0.15) is 16.8 Å². The van der Waals surface area contributed by atoms with Gasteiger partial charge in [0, 0.05) is 50.9 Å². The van der Waals surface area contributed by atoms with Gasteiger partial charge in [0.25, 0.3) is 0 Å². The van der Waals surface area contributed by atoms with Crippen molar-refractivity contribution in [1.29, 1.82) is 0 Å². The van der Waals surface area contributed by atoms with E-state index in [4.69, 9.17) is 4.74 Å². The van der Waals surface area contributed by atoms with Crippen LogP contribution < -0.4 is 4.74 Å². The van der Waals surface area contributed by atoms with E-state index in [1.807, 2.05) is 19.1 Å². The Morgan fingerprint density at radius 3 is 2.83 bits per heavy atom. The number of aliphatic hydroxyl groups excluding tert-OH is 1. The van der Waals surface area contributed by atoms with E-state index in [2.05, 4.69) is 48.9 Å². The SMILES string of the molecule is CCOc1ccccc1CN1CCN(Cc2ccc3nsnc3c2)C[C@H]1CCO. The Kier molecular flexibility index (Phi) is 6.71. The zero-order valence-electron chi connectivity index (χ0n) is 16.8. The highest BCUT2D eigenvalue weighted by molar-refractivity contribution is 7.00. The summed E-state index contributed by atoms with van der Waals surface area (Å²) in [4.78, 5) is 4.96. The molecule has 1 aromatic heterocycles. The van der Waals surface area contributed by atoms with Crippen molar-refractivity contribution >= 4 is 22.8 Å². The molecule has 4 rings (SSSR count). The molecule has 1 atom stereocenters. The minimum atomic E-state index is 0.207. The van der Waals surface area contributed by atoms with Crippen LogP contribution in [0.4, 0.5) is 0 Å². The summed E-state index contributed by atoms with van der Waals surface area (Å²) in [7, 11) is 0. The van der Waals surface area contributed by atoms with Gasteiger partial charge in [-0.15, -0.1) is 0 Å². The Bertz CT molecular complexity index is 932. The number of aliphatic hydroxyl groups is 1. The van der Waals surface area contributed by atoms with Crippen LogP contribution in [-0.4, -0.2) is 62.5 Å². The lowest BCUT2D eigenvalue weighted by molar-refractivity contribution is 0.0494. The largest absolute Gasteiger partial charge is 0.494 e. The molecule has 1 fully saturated rings. The number of ether oxygens (including phenoxy) is 1. The number of piperazine rings is 1. The number of hydrogen-bond donors (Lipinski definition) is 1. The summed E-state index contributed by atoms with van der Waals surface area (Å²) in [5, 5.41) is 9.63. The maximum absolute atomic E-state index is 9.63. The second-order valence-corrected chi connectivity index (χ2v) is 8.03. The highest BCUT2D eigenvalue weighted by Crippen LogP contribution is 2.24. The summed E-state index contributed by atoms with van der Waals surface area (Å²) in [6, 6.07) is 14.9. The fraction of sp³-hybridized carbons (Fsp3) is 0.455. The Hall–Kier alpha value is -2.06. The molecule has 2 aromatic carbocycles. The van der Waals surface area contributed by atoms with Gasteiger partial charge in [0.2, 0.25) is 0 Å². The maximum atomic E-state index is 9.63. The Morgan fingerprint density at radius 2 is 1.97 bits per heavy atom. The van der Waals surface area contributed by atoms with Gasteiger partial charge >= 0.3 is 0 Å². The zero-order chi connectivity index (χ0) is 20.1. The molecule has 1 saturated heterocycles. The maximum Gasteiger partial charge on any atom is 0.123 e.